The molecule has 1 aromatic carbocycles. The van der Waals surface area contributed by atoms with Gasteiger partial charge in [0.1, 0.15) is 11.2 Å². The third kappa shape index (κ3) is 2.26. The first-order chi connectivity index (χ1) is 10.4. The number of halogens is 3. The standard InChI is InChI=1S/C16H11F3N2O/c1-10-6-5-9-12-20-14(11-7-3-2-4-8-11)13(16(17,18)19)15(22)21(10)12/h2-9H,1H3. The Kier molecular flexibility index (Phi) is 3.24. The van der Waals surface area contributed by atoms with Crippen LogP contribution in [0.15, 0.2) is 53.3 Å². The highest BCUT2D eigenvalue weighted by atomic mass is 19.4. The van der Waals surface area contributed by atoms with E-state index in [0.717, 1.165) is 4.40 Å². The molecule has 0 atom stereocenters. The van der Waals surface area contributed by atoms with Crippen molar-refractivity contribution in [1.82, 2.24) is 9.38 Å². The predicted molar refractivity (Wildman–Crippen MR) is 76.6 cm³/mol. The Balaban J connectivity index is 2.49. The second-order valence-electron chi connectivity index (χ2n) is 4.87. The summed E-state index contributed by atoms with van der Waals surface area (Å²) in [5.74, 6) is 0. The van der Waals surface area contributed by atoms with E-state index in [0.29, 0.717) is 5.69 Å². The van der Waals surface area contributed by atoms with Crippen LogP contribution in [0.3, 0.4) is 0 Å². The van der Waals surface area contributed by atoms with Gasteiger partial charge >= 0.3 is 6.18 Å². The Bertz CT molecular complexity index is 899. The lowest BCUT2D eigenvalue weighted by Crippen LogP contribution is -2.28. The summed E-state index contributed by atoms with van der Waals surface area (Å²) in [6.45, 7) is 1.57. The number of rotatable bonds is 1. The zero-order valence-corrected chi connectivity index (χ0v) is 11.6. The summed E-state index contributed by atoms with van der Waals surface area (Å²) in [7, 11) is 0. The van der Waals surface area contributed by atoms with Crippen molar-refractivity contribution in [1.29, 1.82) is 0 Å². The van der Waals surface area contributed by atoms with Crippen LogP contribution in [0, 0.1) is 6.92 Å². The Hall–Kier alpha value is -2.63. The fourth-order valence-corrected chi connectivity index (χ4v) is 2.40. The monoisotopic (exact) mass is 304 g/mol. The number of aromatic nitrogens is 2. The molecule has 0 unspecified atom stereocenters. The number of hydrogen-bond acceptors (Lipinski definition) is 2. The topological polar surface area (TPSA) is 34.4 Å². The summed E-state index contributed by atoms with van der Waals surface area (Å²) in [5, 5.41) is 0. The minimum absolute atomic E-state index is 0.192. The zero-order valence-electron chi connectivity index (χ0n) is 11.6. The Morgan fingerprint density at radius 3 is 2.32 bits per heavy atom. The number of nitrogens with zero attached hydrogens (tertiary/aromatic N) is 2. The van der Waals surface area contributed by atoms with E-state index in [2.05, 4.69) is 4.98 Å². The normalized spacial score (nSPS) is 11.8. The van der Waals surface area contributed by atoms with Crippen LogP contribution in [0.25, 0.3) is 16.9 Å². The molecule has 6 heteroatoms. The van der Waals surface area contributed by atoms with Gasteiger partial charge in [-0.2, -0.15) is 13.2 Å². The quantitative estimate of drug-likeness (QED) is 0.687. The van der Waals surface area contributed by atoms with E-state index in [-0.39, 0.29) is 16.9 Å². The molecule has 0 spiro atoms. The van der Waals surface area contributed by atoms with Crippen LogP contribution in [0.4, 0.5) is 13.2 Å². The molecule has 0 aliphatic carbocycles. The van der Waals surface area contributed by atoms with Gasteiger partial charge in [-0.25, -0.2) is 4.98 Å². The maximum atomic E-state index is 13.4. The molecular weight excluding hydrogens is 293 g/mol. The molecule has 0 fully saturated rings. The van der Waals surface area contributed by atoms with Crippen molar-refractivity contribution in [3.05, 3.63) is 70.1 Å². The summed E-state index contributed by atoms with van der Waals surface area (Å²) in [5.41, 5.74) is -1.84. The molecule has 3 nitrogen and oxygen atoms in total. The molecule has 22 heavy (non-hydrogen) atoms. The Morgan fingerprint density at radius 1 is 1.00 bits per heavy atom. The van der Waals surface area contributed by atoms with E-state index in [1.165, 1.54) is 18.2 Å². The van der Waals surface area contributed by atoms with Crippen LogP contribution in [0.2, 0.25) is 0 Å². The number of benzene rings is 1. The van der Waals surface area contributed by atoms with Gasteiger partial charge in [0, 0.05) is 11.3 Å². The maximum Gasteiger partial charge on any atom is 0.423 e. The van der Waals surface area contributed by atoms with Crippen LogP contribution >= 0.6 is 0 Å². The molecule has 2 aromatic heterocycles. The summed E-state index contributed by atoms with van der Waals surface area (Å²) < 4.78 is 41.2. The van der Waals surface area contributed by atoms with Gasteiger partial charge in [-0.1, -0.05) is 36.4 Å². The average Bonchev–Trinajstić information content (AvgIpc) is 2.46. The van der Waals surface area contributed by atoms with E-state index >= 15 is 0 Å². The predicted octanol–water partition coefficient (Wildman–Crippen LogP) is 3.69. The number of aryl methyl sites for hydroxylation is 1. The maximum absolute atomic E-state index is 13.4. The third-order valence-corrected chi connectivity index (χ3v) is 3.38. The minimum atomic E-state index is -4.78. The molecule has 0 bridgehead atoms. The molecule has 0 amide bonds. The van der Waals surface area contributed by atoms with Crippen LogP contribution in [0.1, 0.15) is 11.3 Å². The van der Waals surface area contributed by atoms with Crippen LogP contribution < -0.4 is 5.56 Å². The number of hydrogen-bond donors (Lipinski definition) is 0. The van der Waals surface area contributed by atoms with Gasteiger partial charge in [0.25, 0.3) is 5.56 Å². The van der Waals surface area contributed by atoms with Gasteiger partial charge in [0.15, 0.2) is 0 Å². The fraction of sp³-hybridized carbons (Fsp3) is 0.125. The van der Waals surface area contributed by atoms with Crippen molar-refractivity contribution >= 4 is 5.65 Å². The molecule has 0 saturated carbocycles. The van der Waals surface area contributed by atoms with Gasteiger partial charge in [-0.05, 0) is 19.1 Å². The van der Waals surface area contributed by atoms with Crippen molar-refractivity contribution in [3.63, 3.8) is 0 Å². The van der Waals surface area contributed by atoms with Crippen molar-refractivity contribution < 1.29 is 13.2 Å². The van der Waals surface area contributed by atoms with Crippen LogP contribution in [-0.4, -0.2) is 9.38 Å². The van der Waals surface area contributed by atoms with Crippen molar-refractivity contribution in [3.8, 4) is 11.3 Å². The molecule has 0 radical (unpaired) electrons. The first kappa shape index (κ1) is 14.3. The van der Waals surface area contributed by atoms with Crippen LogP contribution in [0.5, 0.6) is 0 Å². The molecule has 2 heterocycles. The number of fused-ring (bicyclic) bond motifs is 1. The highest BCUT2D eigenvalue weighted by Gasteiger charge is 2.39. The lowest BCUT2D eigenvalue weighted by Gasteiger charge is -2.14. The van der Waals surface area contributed by atoms with Gasteiger partial charge < -0.3 is 0 Å². The van der Waals surface area contributed by atoms with Gasteiger partial charge in [0.2, 0.25) is 0 Å². The molecule has 0 aliphatic heterocycles. The molecule has 3 rings (SSSR count). The highest BCUT2D eigenvalue weighted by Crippen LogP contribution is 2.33. The molecule has 0 aliphatic rings. The van der Waals surface area contributed by atoms with Crippen molar-refractivity contribution in [2.75, 3.05) is 0 Å². The first-order valence-corrected chi connectivity index (χ1v) is 6.54. The van der Waals surface area contributed by atoms with Crippen molar-refractivity contribution in [2.45, 2.75) is 13.1 Å². The zero-order chi connectivity index (χ0) is 15.9. The Labute approximate surface area is 123 Å². The van der Waals surface area contributed by atoms with Gasteiger partial charge in [-0.15, -0.1) is 0 Å². The first-order valence-electron chi connectivity index (χ1n) is 6.54. The third-order valence-electron chi connectivity index (χ3n) is 3.38. The van der Waals surface area contributed by atoms with Gasteiger partial charge in [0.05, 0.1) is 5.69 Å². The summed E-state index contributed by atoms with van der Waals surface area (Å²) in [6, 6.07) is 12.6. The van der Waals surface area contributed by atoms with E-state index in [1.54, 1.807) is 37.3 Å². The Morgan fingerprint density at radius 2 is 1.68 bits per heavy atom. The average molecular weight is 304 g/mol. The lowest BCUT2D eigenvalue weighted by atomic mass is 10.1. The van der Waals surface area contributed by atoms with Crippen LogP contribution in [-0.2, 0) is 6.18 Å². The van der Waals surface area contributed by atoms with Crippen molar-refractivity contribution in [2.24, 2.45) is 0 Å². The van der Waals surface area contributed by atoms with E-state index in [9.17, 15) is 18.0 Å². The number of alkyl halides is 3. The van der Waals surface area contributed by atoms with E-state index in [1.807, 2.05) is 0 Å². The molecule has 0 N–H and O–H groups in total. The second-order valence-corrected chi connectivity index (χ2v) is 4.87. The molecule has 112 valence electrons. The molecule has 0 saturated heterocycles. The summed E-state index contributed by atoms with van der Waals surface area (Å²) in [4.78, 5) is 16.5. The largest absolute Gasteiger partial charge is 0.423 e. The molecular formula is C16H11F3N2O. The summed E-state index contributed by atoms with van der Waals surface area (Å²) >= 11 is 0. The van der Waals surface area contributed by atoms with E-state index < -0.39 is 17.3 Å². The highest BCUT2D eigenvalue weighted by molar-refractivity contribution is 5.66. The number of pyridine rings is 1. The fourth-order valence-electron chi connectivity index (χ4n) is 2.40. The minimum Gasteiger partial charge on any atom is -0.268 e. The lowest BCUT2D eigenvalue weighted by molar-refractivity contribution is -0.138. The smallest absolute Gasteiger partial charge is 0.268 e. The van der Waals surface area contributed by atoms with Gasteiger partial charge in [-0.3, -0.25) is 9.20 Å². The summed E-state index contributed by atoms with van der Waals surface area (Å²) in [6.07, 6.45) is -4.78. The SMILES string of the molecule is Cc1cccc2nc(-c3ccccc3)c(C(F)(F)F)c(=O)n12. The molecule has 3 aromatic rings. The van der Waals surface area contributed by atoms with E-state index in [4.69, 9.17) is 0 Å². The second kappa shape index (κ2) is 4.98.